The Bertz CT molecular complexity index is 529. The van der Waals surface area contributed by atoms with Crippen molar-refractivity contribution in [3.63, 3.8) is 0 Å². The second-order valence-corrected chi connectivity index (χ2v) is 4.87. The number of hydrogen-bond donors (Lipinski definition) is 3. The van der Waals surface area contributed by atoms with Crippen LogP contribution in [0.5, 0.6) is 0 Å². The number of aryl methyl sites for hydroxylation is 1. The molecule has 7 heteroatoms. The van der Waals surface area contributed by atoms with E-state index in [0.29, 0.717) is 12.2 Å². The number of hydrogen-bond acceptors (Lipinski definition) is 4. The van der Waals surface area contributed by atoms with Gasteiger partial charge < -0.3 is 20.7 Å². The molecule has 0 bridgehead atoms. The van der Waals surface area contributed by atoms with Crippen LogP contribution in [0.1, 0.15) is 29.3 Å². The van der Waals surface area contributed by atoms with E-state index < -0.39 is 6.09 Å². The highest BCUT2D eigenvalue weighted by atomic mass is 16.5. The SMILES string of the molecule is CCOC(=O)NCCNC(=O)NCCC(=O)c1ccc(C)cc1. The first kappa shape index (κ1) is 18.5. The first-order valence-electron chi connectivity index (χ1n) is 7.55. The number of carbonyl (C=O) groups excluding carboxylic acids is 3. The van der Waals surface area contributed by atoms with Crippen molar-refractivity contribution in [1.82, 2.24) is 16.0 Å². The Morgan fingerprint density at radius 2 is 1.57 bits per heavy atom. The molecular formula is C16H23N3O4. The second kappa shape index (κ2) is 10.2. The van der Waals surface area contributed by atoms with Crippen LogP contribution in [0.3, 0.4) is 0 Å². The molecule has 3 amide bonds. The van der Waals surface area contributed by atoms with Crippen molar-refractivity contribution in [2.45, 2.75) is 20.3 Å². The van der Waals surface area contributed by atoms with Crippen molar-refractivity contribution in [2.24, 2.45) is 0 Å². The van der Waals surface area contributed by atoms with Gasteiger partial charge in [-0.15, -0.1) is 0 Å². The highest BCUT2D eigenvalue weighted by molar-refractivity contribution is 5.96. The molecule has 126 valence electrons. The average molecular weight is 321 g/mol. The number of ketones is 1. The minimum Gasteiger partial charge on any atom is -0.450 e. The third-order valence-electron chi connectivity index (χ3n) is 2.97. The summed E-state index contributed by atoms with van der Waals surface area (Å²) in [7, 11) is 0. The van der Waals surface area contributed by atoms with E-state index >= 15 is 0 Å². The maximum Gasteiger partial charge on any atom is 0.407 e. The van der Waals surface area contributed by atoms with E-state index in [4.69, 9.17) is 0 Å². The van der Waals surface area contributed by atoms with Gasteiger partial charge in [-0.2, -0.15) is 0 Å². The van der Waals surface area contributed by atoms with E-state index in [1.807, 2.05) is 19.1 Å². The number of rotatable bonds is 8. The van der Waals surface area contributed by atoms with Crippen molar-refractivity contribution in [1.29, 1.82) is 0 Å². The van der Waals surface area contributed by atoms with Crippen LogP contribution < -0.4 is 16.0 Å². The zero-order valence-electron chi connectivity index (χ0n) is 13.5. The summed E-state index contributed by atoms with van der Waals surface area (Å²) in [5.41, 5.74) is 1.73. The van der Waals surface area contributed by atoms with Crippen LogP contribution in [-0.4, -0.2) is 44.1 Å². The van der Waals surface area contributed by atoms with E-state index in [1.54, 1.807) is 19.1 Å². The molecule has 0 unspecified atom stereocenters. The molecule has 0 aliphatic carbocycles. The lowest BCUT2D eigenvalue weighted by atomic mass is 10.1. The molecule has 1 aromatic rings. The van der Waals surface area contributed by atoms with Gasteiger partial charge in [0, 0.05) is 31.6 Å². The van der Waals surface area contributed by atoms with Crippen molar-refractivity contribution in [3.8, 4) is 0 Å². The molecule has 3 N–H and O–H groups in total. The summed E-state index contributed by atoms with van der Waals surface area (Å²) < 4.78 is 4.67. The molecular weight excluding hydrogens is 298 g/mol. The molecule has 1 rings (SSSR count). The molecule has 0 saturated heterocycles. The summed E-state index contributed by atoms with van der Waals surface area (Å²) in [5, 5.41) is 7.64. The van der Waals surface area contributed by atoms with Crippen molar-refractivity contribution in [3.05, 3.63) is 35.4 Å². The lowest BCUT2D eigenvalue weighted by molar-refractivity contribution is 0.0983. The third kappa shape index (κ3) is 7.85. The third-order valence-corrected chi connectivity index (χ3v) is 2.97. The summed E-state index contributed by atoms with van der Waals surface area (Å²) in [6, 6.07) is 6.93. The van der Waals surface area contributed by atoms with Crippen molar-refractivity contribution in [2.75, 3.05) is 26.2 Å². The normalized spacial score (nSPS) is 9.83. The molecule has 0 radical (unpaired) electrons. The van der Waals surface area contributed by atoms with Gasteiger partial charge in [-0.1, -0.05) is 29.8 Å². The predicted molar refractivity (Wildman–Crippen MR) is 86.6 cm³/mol. The minimum atomic E-state index is -0.515. The number of benzene rings is 1. The highest BCUT2D eigenvalue weighted by Crippen LogP contribution is 2.05. The predicted octanol–water partition coefficient (Wildman–Crippen LogP) is 1.61. The zero-order valence-corrected chi connectivity index (χ0v) is 13.5. The van der Waals surface area contributed by atoms with Gasteiger partial charge in [0.15, 0.2) is 5.78 Å². The van der Waals surface area contributed by atoms with Gasteiger partial charge in [-0.05, 0) is 13.8 Å². The fourth-order valence-electron chi connectivity index (χ4n) is 1.76. The smallest absolute Gasteiger partial charge is 0.407 e. The minimum absolute atomic E-state index is 0.0192. The molecule has 0 fully saturated rings. The molecule has 0 aliphatic rings. The zero-order chi connectivity index (χ0) is 17.1. The van der Waals surface area contributed by atoms with Gasteiger partial charge in [-0.25, -0.2) is 9.59 Å². The van der Waals surface area contributed by atoms with Gasteiger partial charge in [0.05, 0.1) is 6.61 Å². The Morgan fingerprint density at radius 1 is 0.957 bits per heavy atom. The van der Waals surface area contributed by atoms with E-state index in [-0.39, 0.29) is 37.9 Å². The number of nitrogens with one attached hydrogen (secondary N) is 3. The van der Waals surface area contributed by atoms with Crippen LogP contribution in [-0.2, 0) is 4.74 Å². The molecule has 0 saturated carbocycles. The number of urea groups is 1. The molecule has 0 aromatic heterocycles. The molecule has 23 heavy (non-hydrogen) atoms. The standard InChI is InChI=1S/C16H23N3O4/c1-3-23-16(22)19-11-10-18-15(21)17-9-8-14(20)13-6-4-12(2)5-7-13/h4-7H,3,8-11H2,1-2H3,(H,19,22)(H2,17,18,21). The van der Waals surface area contributed by atoms with Crippen LogP contribution in [0.15, 0.2) is 24.3 Å². The maximum absolute atomic E-state index is 11.9. The van der Waals surface area contributed by atoms with Crippen LogP contribution in [0.2, 0.25) is 0 Å². The second-order valence-electron chi connectivity index (χ2n) is 4.87. The first-order valence-corrected chi connectivity index (χ1v) is 7.55. The van der Waals surface area contributed by atoms with E-state index in [0.717, 1.165) is 5.56 Å². The lowest BCUT2D eigenvalue weighted by Gasteiger charge is -2.08. The summed E-state index contributed by atoms with van der Waals surface area (Å²) in [5.74, 6) is -0.0192. The molecule has 0 heterocycles. The maximum atomic E-state index is 11.9. The number of amides is 3. The number of Topliss-reactive ketones (excluding diaryl/α,β-unsaturated/α-hetero) is 1. The van der Waals surface area contributed by atoms with Crippen LogP contribution in [0.25, 0.3) is 0 Å². The first-order chi connectivity index (χ1) is 11.0. The summed E-state index contributed by atoms with van der Waals surface area (Å²) in [6.45, 7) is 4.77. The summed E-state index contributed by atoms with van der Waals surface area (Å²) >= 11 is 0. The molecule has 0 spiro atoms. The fourth-order valence-corrected chi connectivity index (χ4v) is 1.76. The van der Waals surface area contributed by atoms with Crippen LogP contribution in [0, 0.1) is 6.92 Å². The number of ether oxygens (including phenoxy) is 1. The van der Waals surface area contributed by atoms with Gasteiger partial charge >= 0.3 is 12.1 Å². The Hall–Kier alpha value is -2.57. The molecule has 7 nitrogen and oxygen atoms in total. The number of alkyl carbamates (subject to hydrolysis) is 1. The summed E-state index contributed by atoms with van der Waals surface area (Å²) in [6.07, 6.45) is -0.282. The topological polar surface area (TPSA) is 96.5 Å². The average Bonchev–Trinajstić information content (AvgIpc) is 2.52. The Morgan fingerprint density at radius 3 is 2.22 bits per heavy atom. The van der Waals surface area contributed by atoms with Gasteiger partial charge in [-0.3, -0.25) is 4.79 Å². The quantitative estimate of drug-likeness (QED) is 0.500. The van der Waals surface area contributed by atoms with Gasteiger partial charge in [0.25, 0.3) is 0 Å². The Balaban J connectivity index is 2.13. The Labute approximate surface area is 135 Å². The van der Waals surface area contributed by atoms with E-state index in [9.17, 15) is 14.4 Å². The fraction of sp³-hybridized carbons (Fsp3) is 0.438. The highest BCUT2D eigenvalue weighted by Gasteiger charge is 2.06. The largest absolute Gasteiger partial charge is 0.450 e. The summed E-state index contributed by atoms with van der Waals surface area (Å²) in [4.78, 5) is 34.4. The van der Waals surface area contributed by atoms with Crippen LogP contribution in [0.4, 0.5) is 9.59 Å². The number of carbonyl (C=O) groups is 3. The van der Waals surface area contributed by atoms with Crippen molar-refractivity contribution >= 4 is 17.9 Å². The molecule has 0 aliphatic heterocycles. The monoisotopic (exact) mass is 321 g/mol. The van der Waals surface area contributed by atoms with Crippen LogP contribution >= 0.6 is 0 Å². The van der Waals surface area contributed by atoms with E-state index in [2.05, 4.69) is 20.7 Å². The Kier molecular flexibility index (Phi) is 8.20. The molecule has 0 atom stereocenters. The lowest BCUT2D eigenvalue weighted by Crippen LogP contribution is -2.41. The van der Waals surface area contributed by atoms with Crippen molar-refractivity contribution < 1.29 is 19.1 Å². The van der Waals surface area contributed by atoms with E-state index in [1.165, 1.54) is 0 Å². The molecule has 1 aromatic carbocycles. The van der Waals surface area contributed by atoms with Gasteiger partial charge in [0.2, 0.25) is 0 Å². The van der Waals surface area contributed by atoms with Gasteiger partial charge in [0.1, 0.15) is 0 Å².